The number of aromatic carboxylic acids is 1. The van der Waals surface area contributed by atoms with Crippen LogP contribution < -0.4 is 16.1 Å². The van der Waals surface area contributed by atoms with Crippen molar-refractivity contribution in [3.05, 3.63) is 39.4 Å². The summed E-state index contributed by atoms with van der Waals surface area (Å²) in [6.07, 6.45) is 3.53. The Morgan fingerprint density at radius 2 is 1.97 bits per heavy atom. The Balaban J connectivity index is 1.73. The summed E-state index contributed by atoms with van der Waals surface area (Å²) in [6.45, 7) is 4.53. The summed E-state index contributed by atoms with van der Waals surface area (Å²) in [5.41, 5.74) is 6.33. The summed E-state index contributed by atoms with van der Waals surface area (Å²) in [6, 6.07) is 0.477. The quantitative estimate of drug-likeness (QED) is 0.713. The maximum absolute atomic E-state index is 15.3. The zero-order valence-corrected chi connectivity index (χ0v) is 17.6. The van der Waals surface area contributed by atoms with Gasteiger partial charge in [0.15, 0.2) is 0 Å². The van der Waals surface area contributed by atoms with Gasteiger partial charge in [-0.15, -0.1) is 0 Å². The number of aryl methyl sites for hydroxylation is 1. The van der Waals surface area contributed by atoms with Gasteiger partial charge in [0.1, 0.15) is 23.5 Å². The van der Waals surface area contributed by atoms with E-state index in [2.05, 4.69) is 0 Å². The van der Waals surface area contributed by atoms with Crippen molar-refractivity contribution in [3.8, 4) is 0 Å². The van der Waals surface area contributed by atoms with Gasteiger partial charge in [-0.25, -0.2) is 9.18 Å². The topological polar surface area (TPSA) is 115 Å². The lowest BCUT2D eigenvalue weighted by atomic mass is 9.93. The molecule has 9 heteroatoms. The third kappa shape index (κ3) is 3.67. The minimum absolute atomic E-state index is 0.00425. The summed E-state index contributed by atoms with van der Waals surface area (Å²) in [5.74, 6) is -2.30. The number of hydrogen-bond donors (Lipinski definition) is 2. The Hall–Kier alpha value is -2.94. The van der Waals surface area contributed by atoms with Gasteiger partial charge in [-0.05, 0) is 32.8 Å². The van der Waals surface area contributed by atoms with Gasteiger partial charge in [0.05, 0.1) is 11.2 Å². The van der Waals surface area contributed by atoms with Crippen LogP contribution in [0.4, 0.5) is 10.1 Å². The third-order valence-corrected chi connectivity index (χ3v) is 6.27. The monoisotopic (exact) mass is 431 g/mol. The molecule has 0 spiro atoms. The highest BCUT2D eigenvalue weighted by molar-refractivity contribution is 5.95. The van der Waals surface area contributed by atoms with E-state index >= 15 is 4.39 Å². The van der Waals surface area contributed by atoms with E-state index < -0.39 is 29.2 Å². The summed E-state index contributed by atoms with van der Waals surface area (Å²) in [4.78, 5) is 37.9. The molecular weight excluding hydrogens is 405 g/mol. The first-order chi connectivity index (χ1) is 14.7. The first-order valence-electron chi connectivity index (χ1n) is 10.5. The number of carbonyl (C=O) groups is 2. The van der Waals surface area contributed by atoms with Crippen molar-refractivity contribution in [1.82, 2.24) is 4.57 Å². The second-order valence-electron chi connectivity index (χ2n) is 8.47. The molecule has 2 atom stereocenters. The van der Waals surface area contributed by atoms with Gasteiger partial charge in [0, 0.05) is 49.1 Å². The second-order valence-corrected chi connectivity index (χ2v) is 8.47. The minimum Gasteiger partial charge on any atom is -0.477 e. The molecule has 0 saturated carbocycles. The van der Waals surface area contributed by atoms with Gasteiger partial charge in [-0.2, -0.15) is 0 Å². The van der Waals surface area contributed by atoms with E-state index in [0.29, 0.717) is 50.0 Å². The minimum atomic E-state index is -1.32. The number of benzene rings is 1. The molecule has 0 unspecified atom stereocenters. The number of anilines is 1. The number of halogens is 1. The molecule has 2 aromatic rings. The van der Waals surface area contributed by atoms with Gasteiger partial charge in [-0.3, -0.25) is 9.59 Å². The van der Waals surface area contributed by atoms with Crippen LogP contribution in [0.2, 0.25) is 0 Å². The Morgan fingerprint density at radius 3 is 2.58 bits per heavy atom. The van der Waals surface area contributed by atoms with Crippen LogP contribution >= 0.6 is 0 Å². The van der Waals surface area contributed by atoms with Crippen LogP contribution in [0.3, 0.4) is 0 Å². The van der Waals surface area contributed by atoms with Gasteiger partial charge >= 0.3 is 11.9 Å². The lowest BCUT2D eigenvalue weighted by Gasteiger charge is -2.37. The van der Waals surface area contributed by atoms with Gasteiger partial charge < -0.3 is 25.0 Å². The maximum Gasteiger partial charge on any atom is 0.341 e. The fourth-order valence-electron chi connectivity index (χ4n) is 4.60. The molecule has 4 rings (SSSR count). The standard InChI is InChI=1S/C22H26FN3O5/c1-11-3-4-14-18-15(20(27)16(21(28)29)10-26(11)18)9-17(23)19(14)25-7-5-13(6-8-25)31-22(30)12(2)24/h9-13H,3-8,24H2,1-2H3,(H,28,29)/t11-,12+/m1/s1. The number of carboxylic acid groups (broad SMARTS) is 1. The fraction of sp³-hybridized carbons (Fsp3) is 0.500. The van der Waals surface area contributed by atoms with Crippen LogP contribution in [0.25, 0.3) is 10.9 Å². The molecule has 1 fully saturated rings. The molecule has 3 N–H and O–H groups in total. The Morgan fingerprint density at radius 1 is 1.29 bits per heavy atom. The van der Waals surface area contributed by atoms with Crippen LogP contribution in [0, 0.1) is 5.82 Å². The van der Waals surface area contributed by atoms with Gasteiger partial charge in [-0.1, -0.05) is 0 Å². The number of nitrogens with zero attached hydrogens (tertiary/aromatic N) is 2. The average Bonchev–Trinajstić information content (AvgIpc) is 2.72. The van der Waals surface area contributed by atoms with E-state index in [-0.39, 0.29) is 23.1 Å². The summed E-state index contributed by atoms with van der Waals surface area (Å²) >= 11 is 0. The molecule has 31 heavy (non-hydrogen) atoms. The van der Waals surface area contributed by atoms with Crippen LogP contribution in [-0.2, 0) is 16.0 Å². The highest BCUT2D eigenvalue weighted by atomic mass is 19.1. The molecule has 0 aliphatic carbocycles. The van der Waals surface area contributed by atoms with Crippen LogP contribution in [0.15, 0.2) is 17.1 Å². The van der Waals surface area contributed by atoms with Crippen LogP contribution in [0.1, 0.15) is 55.1 Å². The number of ether oxygens (including phenoxy) is 1. The van der Waals surface area contributed by atoms with E-state index in [1.807, 2.05) is 11.8 Å². The van der Waals surface area contributed by atoms with E-state index in [1.165, 1.54) is 12.3 Å². The van der Waals surface area contributed by atoms with Crippen molar-refractivity contribution in [2.45, 2.75) is 57.7 Å². The van der Waals surface area contributed by atoms with Gasteiger partial charge in [0.2, 0.25) is 5.43 Å². The molecule has 0 bridgehead atoms. The number of carbonyl (C=O) groups excluding carboxylic acids is 1. The van der Waals surface area contributed by atoms with Crippen molar-refractivity contribution in [1.29, 1.82) is 0 Å². The largest absolute Gasteiger partial charge is 0.477 e. The van der Waals surface area contributed by atoms with E-state index in [4.69, 9.17) is 10.5 Å². The third-order valence-electron chi connectivity index (χ3n) is 6.27. The van der Waals surface area contributed by atoms with Crippen LogP contribution in [0.5, 0.6) is 0 Å². The molecular formula is C22H26FN3O5. The Labute approximate surface area is 178 Å². The van der Waals surface area contributed by atoms with E-state index in [0.717, 1.165) is 5.56 Å². The number of pyridine rings is 1. The molecule has 1 aromatic carbocycles. The van der Waals surface area contributed by atoms with E-state index in [1.54, 1.807) is 11.5 Å². The first kappa shape index (κ1) is 21.3. The second kappa shape index (κ2) is 7.96. The molecule has 2 aliphatic rings. The lowest BCUT2D eigenvalue weighted by Crippen LogP contribution is -2.41. The number of esters is 1. The Bertz CT molecular complexity index is 1120. The molecule has 1 aromatic heterocycles. The smallest absolute Gasteiger partial charge is 0.341 e. The van der Waals surface area contributed by atoms with E-state index in [9.17, 15) is 19.5 Å². The number of hydrogen-bond acceptors (Lipinski definition) is 6. The van der Waals surface area contributed by atoms with Crippen LogP contribution in [-0.4, -0.2) is 46.8 Å². The molecule has 166 valence electrons. The molecule has 8 nitrogen and oxygen atoms in total. The average molecular weight is 431 g/mol. The number of aromatic nitrogens is 1. The SMILES string of the molecule is C[C@H](N)C(=O)OC1CCN(c2c(F)cc3c(=O)c(C(=O)O)cn4c3c2CC[C@H]4C)CC1. The predicted molar refractivity (Wildman–Crippen MR) is 113 cm³/mol. The summed E-state index contributed by atoms with van der Waals surface area (Å²) < 4.78 is 22.5. The fourth-order valence-corrected chi connectivity index (χ4v) is 4.60. The lowest BCUT2D eigenvalue weighted by molar-refractivity contribution is -0.151. The van der Waals surface area contributed by atoms with Crippen molar-refractivity contribution in [2.75, 3.05) is 18.0 Å². The molecule has 0 amide bonds. The highest BCUT2D eigenvalue weighted by Gasteiger charge is 2.31. The zero-order chi connectivity index (χ0) is 22.4. The molecule has 3 heterocycles. The number of piperidine rings is 1. The molecule has 1 saturated heterocycles. The van der Waals surface area contributed by atoms with Gasteiger partial charge in [0.25, 0.3) is 0 Å². The predicted octanol–water partition coefficient (Wildman–Crippen LogP) is 2.21. The zero-order valence-electron chi connectivity index (χ0n) is 17.6. The number of nitrogens with two attached hydrogens (primary N) is 1. The highest BCUT2D eigenvalue weighted by Crippen LogP contribution is 2.39. The van der Waals surface area contributed by atoms with Crippen molar-refractivity contribution < 1.29 is 23.8 Å². The van der Waals surface area contributed by atoms with Crippen molar-refractivity contribution in [2.24, 2.45) is 5.73 Å². The summed E-state index contributed by atoms with van der Waals surface area (Å²) in [5, 5.41) is 9.51. The molecule has 2 aliphatic heterocycles. The van der Waals surface area contributed by atoms with Crippen molar-refractivity contribution in [3.63, 3.8) is 0 Å². The first-order valence-corrected chi connectivity index (χ1v) is 10.5. The normalized spacial score (nSPS) is 20.0. The maximum atomic E-state index is 15.3. The number of rotatable bonds is 4. The number of carboxylic acids is 1. The molecule has 0 radical (unpaired) electrons. The Kier molecular flexibility index (Phi) is 5.47. The van der Waals surface area contributed by atoms with Crippen molar-refractivity contribution >= 4 is 28.5 Å². The summed E-state index contributed by atoms with van der Waals surface area (Å²) in [7, 11) is 0.